The molecule has 1 heterocycles. The molecule has 3 heteroatoms. The molecule has 1 aliphatic rings. The second kappa shape index (κ2) is 6.92. The molecular formula is C16H26N2O. The predicted molar refractivity (Wildman–Crippen MR) is 80.7 cm³/mol. The van der Waals surface area contributed by atoms with Crippen molar-refractivity contribution in [3.63, 3.8) is 0 Å². The van der Waals surface area contributed by atoms with E-state index in [1.54, 1.807) is 7.11 Å². The third-order valence-electron chi connectivity index (χ3n) is 4.02. The van der Waals surface area contributed by atoms with Crippen LogP contribution in [0.1, 0.15) is 31.7 Å². The SMILES string of the molecule is COCCCC(N)CN1c2ccccc2CCC1C. The van der Waals surface area contributed by atoms with Crippen LogP contribution < -0.4 is 10.6 Å². The van der Waals surface area contributed by atoms with Crippen molar-refractivity contribution in [1.29, 1.82) is 0 Å². The fourth-order valence-electron chi connectivity index (χ4n) is 2.87. The number of rotatable bonds is 6. The number of hydrogen-bond donors (Lipinski definition) is 1. The van der Waals surface area contributed by atoms with Gasteiger partial charge in [-0.1, -0.05) is 18.2 Å². The number of para-hydroxylation sites is 1. The van der Waals surface area contributed by atoms with E-state index in [-0.39, 0.29) is 6.04 Å². The number of benzene rings is 1. The third-order valence-corrected chi connectivity index (χ3v) is 4.02. The maximum absolute atomic E-state index is 6.27. The van der Waals surface area contributed by atoms with Gasteiger partial charge >= 0.3 is 0 Å². The van der Waals surface area contributed by atoms with Gasteiger partial charge in [-0.15, -0.1) is 0 Å². The van der Waals surface area contributed by atoms with Gasteiger partial charge in [0.2, 0.25) is 0 Å². The van der Waals surface area contributed by atoms with Gasteiger partial charge in [-0.2, -0.15) is 0 Å². The molecule has 0 bridgehead atoms. The lowest BCUT2D eigenvalue weighted by molar-refractivity contribution is 0.190. The Morgan fingerprint density at radius 2 is 2.21 bits per heavy atom. The number of anilines is 1. The summed E-state index contributed by atoms with van der Waals surface area (Å²) in [6.45, 7) is 4.06. The fraction of sp³-hybridized carbons (Fsp3) is 0.625. The van der Waals surface area contributed by atoms with Crippen LogP contribution in [-0.2, 0) is 11.2 Å². The highest BCUT2D eigenvalue weighted by molar-refractivity contribution is 5.56. The van der Waals surface area contributed by atoms with Crippen LogP contribution in [0, 0.1) is 0 Å². The maximum atomic E-state index is 6.27. The van der Waals surface area contributed by atoms with Gasteiger partial charge in [0, 0.05) is 38.0 Å². The maximum Gasteiger partial charge on any atom is 0.0462 e. The zero-order valence-electron chi connectivity index (χ0n) is 12.1. The lowest BCUT2D eigenvalue weighted by atomic mass is 9.96. The first-order valence-corrected chi connectivity index (χ1v) is 7.31. The van der Waals surface area contributed by atoms with Crippen molar-refractivity contribution in [1.82, 2.24) is 0 Å². The summed E-state index contributed by atoms with van der Waals surface area (Å²) in [4.78, 5) is 2.48. The lowest BCUT2D eigenvalue weighted by Crippen LogP contribution is -2.45. The van der Waals surface area contributed by atoms with E-state index in [1.807, 2.05) is 0 Å². The minimum Gasteiger partial charge on any atom is -0.385 e. The van der Waals surface area contributed by atoms with Crippen LogP contribution >= 0.6 is 0 Å². The Bertz CT molecular complexity index is 394. The van der Waals surface area contributed by atoms with Gasteiger partial charge in [0.1, 0.15) is 0 Å². The van der Waals surface area contributed by atoms with E-state index in [0.29, 0.717) is 6.04 Å². The molecule has 0 aromatic heterocycles. The molecule has 2 N–H and O–H groups in total. The molecule has 1 aliphatic heterocycles. The van der Waals surface area contributed by atoms with E-state index in [0.717, 1.165) is 26.0 Å². The highest BCUT2D eigenvalue weighted by Crippen LogP contribution is 2.30. The predicted octanol–water partition coefficient (Wildman–Crippen LogP) is 2.58. The summed E-state index contributed by atoms with van der Waals surface area (Å²) in [5.74, 6) is 0. The van der Waals surface area contributed by atoms with E-state index >= 15 is 0 Å². The Hall–Kier alpha value is -1.06. The van der Waals surface area contributed by atoms with Crippen LogP contribution in [0.15, 0.2) is 24.3 Å². The van der Waals surface area contributed by atoms with Crippen molar-refractivity contribution in [2.75, 3.05) is 25.2 Å². The molecule has 2 atom stereocenters. The van der Waals surface area contributed by atoms with E-state index < -0.39 is 0 Å². The number of nitrogens with two attached hydrogens (primary N) is 1. The van der Waals surface area contributed by atoms with E-state index in [9.17, 15) is 0 Å². The first-order chi connectivity index (χ1) is 9.22. The molecule has 0 aliphatic carbocycles. The van der Waals surface area contributed by atoms with Gasteiger partial charge in [-0.25, -0.2) is 0 Å². The first-order valence-electron chi connectivity index (χ1n) is 7.31. The van der Waals surface area contributed by atoms with Crippen molar-refractivity contribution in [3.05, 3.63) is 29.8 Å². The van der Waals surface area contributed by atoms with Crippen LogP contribution in [0.5, 0.6) is 0 Å². The minimum atomic E-state index is 0.226. The van der Waals surface area contributed by atoms with Gasteiger partial charge in [-0.05, 0) is 44.2 Å². The average Bonchev–Trinajstić information content (AvgIpc) is 2.42. The minimum absolute atomic E-state index is 0.226. The fourth-order valence-corrected chi connectivity index (χ4v) is 2.87. The largest absolute Gasteiger partial charge is 0.385 e. The number of fused-ring (bicyclic) bond motifs is 1. The summed E-state index contributed by atoms with van der Waals surface area (Å²) in [5, 5.41) is 0. The van der Waals surface area contributed by atoms with Crippen LogP contribution in [0.25, 0.3) is 0 Å². The smallest absolute Gasteiger partial charge is 0.0462 e. The first kappa shape index (κ1) is 14.4. The highest BCUT2D eigenvalue weighted by atomic mass is 16.5. The van der Waals surface area contributed by atoms with Gasteiger partial charge in [0.15, 0.2) is 0 Å². The average molecular weight is 262 g/mol. The van der Waals surface area contributed by atoms with E-state index in [2.05, 4.69) is 36.1 Å². The summed E-state index contributed by atoms with van der Waals surface area (Å²) in [6, 6.07) is 9.54. The van der Waals surface area contributed by atoms with Crippen LogP contribution in [0.2, 0.25) is 0 Å². The number of nitrogens with zero attached hydrogens (tertiary/aromatic N) is 1. The Labute approximate surface area is 116 Å². The summed E-state index contributed by atoms with van der Waals surface area (Å²) in [7, 11) is 1.74. The summed E-state index contributed by atoms with van der Waals surface area (Å²) in [5.41, 5.74) is 9.11. The van der Waals surface area contributed by atoms with Gasteiger partial charge in [0.25, 0.3) is 0 Å². The van der Waals surface area contributed by atoms with Crippen molar-refractivity contribution < 1.29 is 4.74 Å². The summed E-state index contributed by atoms with van der Waals surface area (Å²) in [6.07, 6.45) is 4.48. The Balaban J connectivity index is 1.98. The molecule has 19 heavy (non-hydrogen) atoms. The molecule has 0 fully saturated rings. The molecule has 0 saturated carbocycles. The van der Waals surface area contributed by atoms with Crippen LogP contribution in [0.3, 0.4) is 0 Å². The van der Waals surface area contributed by atoms with E-state index in [1.165, 1.54) is 24.1 Å². The molecule has 0 saturated heterocycles. The molecular weight excluding hydrogens is 236 g/mol. The molecule has 0 radical (unpaired) electrons. The van der Waals surface area contributed by atoms with Crippen molar-refractivity contribution in [2.24, 2.45) is 5.73 Å². The molecule has 2 unspecified atom stereocenters. The molecule has 3 nitrogen and oxygen atoms in total. The molecule has 106 valence electrons. The Kier molecular flexibility index (Phi) is 5.23. The van der Waals surface area contributed by atoms with Crippen LogP contribution in [-0.4, -0.2) is 32.3 Å². The van der Waals surface area contributed by atoms with E-state index in [4.69, 9.17) is 10.5 Å². The van der Waals surface area contributed by atoms with Crippen molar-refractivity contribution in [2.45, 2.75) is 44.7 Å². The van der Waals surface area contributed by atoms with Crippen molar-refractivity contribution >= 4 is 5.69 Å². The monoisotopic (exact) mass is 262 g/mol. The topological polar surface area (TPSA) is 38.5 Å². The highest BCUT2D eigenvalue weighted by Gasteiger charge is 2.23. The molecule has 0 spiro atoms. The second-order valence-electron chi connectivity index (χ2n) is 5.56. The lowest BCUT2D eigenvalue weighted by Gasteiger charge is -2.38. The van der Waals surface area contributed by atoms with Gasteiger partial charge in [-0.3, -0.25) is 0 Å². The molecule has 2 rings (SSSR count). The van der Waals surface area contributed by atoms with Crippen LogP contribution in [0.4, 0.5) is 5.69 Å². The summed E-state index contributed by atoms with van der Waals surface area (Å²) >= 11 is 0. The number of ether oxygens (including phenoxy) is 1. The van der Waals surface area contributed by atoms with Gasteiger partial charge in [0.05, 0.1) is 0 Å². The number of aryl methyl sites for hydroxylation is 1. The Morgan fingerprint density at radius 3 is 3.00 bits per heavy atom. The Morgan fingerprint density at radius 1 is 1.42 bits per heavy atom. The number of methoxy groups -OCH3 is 1. The van der Waals surface area contributed by atoms with Gasteiger partial charge < -0.3 is 15.4 Å². The number of hydrogen-bond acceptors (Lipinski definition) is 3. The zero-order chi connectivity index (χ0) is 13.7. The van der Waals surface area contributed by atoms with Crippen molar-refractivity contribution in [3.8, 4) is 0 Å². The quantitative estimate of drug-likeness (QED) is 0.801. The molecule has 0 amide bonds. The third kappa shape index (κ3) is 3.71. The molecule has 1 aromatic carbocycles. The second-order valence-corrected chi connectivity index (χ2v) is 5.56. The zero-order valence-corrected chi connectivity index (χ0v) is 12.1. The molecule has 1 aromatic rings. The standard InChI is InChI=1S/C16H26N2O/c1-13-9-10-14-6-3-4-8-16(14)18(13)12-15(17)7-5-11-19-2/h3-4,6,8,13,15H,5,7,9-12,17H2,1-2H3. The normalized spacial score (nSPS) is 20.2. The summed E-state index contributed by atoms with van der Waals surface area (Å²) < 4.78 is 5.09.